The predicted molar refractivity (Wildman–Crippen MR) is 65.6 cm³/mol. The topological polar surface area (TPSA) is 26.3 Å². The van der Waals surface area contributed by atoms with Gasteiger partial charge in [-0.2, -0.15) is 0 Å². The van der Waals surface area contributed by atoms with E-state index in [1.807, 2.05) is 6.07 Å². The van der Waals surface area contributed by atoms with E-state index in [4.69, 9.17) is 4.74 Å². The Labute approximate surface area is 102 Å². The lowest BCUT2D eigenvalue weighted by atomic mass is 9.59. The van der Waals surface area contributed by atoms with Crippen LogP contribution >= 0.6 is 0 Å². The zero-order valence-corrected chi connectivity index (χ0v) is 10.2. The average Bonchev–Trinajstić information content (AvgIpc) is 2.40. The molecule has 2 nitrogen and oxygen atoms in total. The van der Waals surface area contributed by atoms with Crippen LogP contribution in [0.3, 0.4) is 0 Å². The lowest BCUT2D eigenvalue weighted by molar-refractivity contribution is -0.157. The predicted octanol–water partition coefficient (Wildman–Crippen LogP) is 2.92. The van der Waals surface area contributed by atoms with Gasteiger partial charge in [0.15, 0.2) is 0 Å². The first-order chi connectivity index (χ1) is 8.26. The quantitative estimate of drug-likeness (QED) is 0.781. The molecule has 17 heavy (non-hydrogen) atoms. The van der Waals surface area contributed by atoms with Gasteiger partial charge in [-0.25, -0.2) is 0 Å². The van der Waals surface area contributed by atoms with Gasteiger partial charge in [0.2, 0.25) is 0 Å². The number of rotatable bonds is 2. The van der Waals surface area contributed by atoms with Crippen LogP contribution < -0.4 is 0 Å². The molecule has 0 unspecified atom stereocenters. The van der Waals surface area contributed by atoms with E-state index in [-0.39, 0.29) is 11.5 Å². The highest BCUT2D eigenvalue weighted by molar-refractivity contribution is 5.83. The molecular weight excluding hydrogens is 212 g/mol. The molecule has 0 N–H and O–H groups in total. The zero-order valence-electron chi connectivity index (χ0n) is 10.2. The Morgan fingerprint density at radius 3 is 2.53 bits per heavy atom. The van der Waals surface area contributed by atoms with Gasteiger partial charge in [-0.3, -0.25) is 4.79 Å². The van der Waals surface area contributed by atoms with Crippen LogP contribution in [-0.2, 0) is 15.1 Å². The molecule has 3 aliphatic carbocycles. The Morgan fingerprint density at radius 2 is 2.00 bits per heavy atom. The Hall–Kier alpha value is -1.15. The maximum absolute atomic E-state index is 11.8. The number of hydrogen-bond donors (Lipinski definition) is 0. The van der Waals surface area contributed by atoms with E-state index in [0.717, 1.165) is 19.3 Å². The Morgan fingerprint density at radius 1 is 1.24 bits per heavy atom. The van der Waals surface area contributed by atoms with Gasteiger partial charge >= 0.3 is 0 Å². The summed E-state index contributed by atoms with van der Waals surface area (Å²) in [5.74, 6) is 1.04. The molecule has 0 heterocycles. The molecule has 1 aromatic rings. The standard InChI is InChI=1S/C15H18O2/c1-17-15(12-5-3-2-4-6-12)10-11-7-8-13(15)9-14(11)16/h2-6,11,13H,7-10H2,1H3/t11-,13-,15+/m1/s1. The molecule has 3 aliphatic rings. The molecule has 0 aliphatic heterocycles. The number of carbonyl (C=O) groups excluding carboxylic acids is 1. The van der Waals surface area contributed by atoms with Gasteiger partial charge in [-0.05, 0) is 30.7 Å². The van der Waals surface area contributed by atoms with Crippen molar-refractivity contribution in [2.24, 2.45) is 11.8 Å². The molecule has 4 rings (SSSR count). The molecule has 0 amide bonds. The minimum Gasteiger partial charge on any atom is -0.373 e. The number of ketones is 1. The molecule has 0 aromatic heterocycles. The molecule has 0 radical (unpaired) electrons. The van der Waals surface area contributed by atoms with Crippen LogP contribution in [0.15, 0.2) is 30.3 Å². The SMILES string of the molecule is CO[C@]1(c2ccccc2)C[C@H]2CC[C@@H]1CC2=O. The lowest BCUT2D eigenvalue weighted by Crippen LogP contribution is -2.50. The molecule has 3 fully saturated rings. The molecule has 2 heteroatoms. The smallest absolute Gasteiger partial charge is 0.136 e. The second-order valence-corrected chi connectivity index (χ2v) is 5.31. The van der Waals surface area contributed by atoms with E-state index in [2.05, 4.69) is 24.3 Å². The van der Waals surface area contributed by atoms with Gasteiger partial charge in [-0.15, -0.1) is 0 Å². The maximum atomic E-state index is 11.8. The highest BCUT2D eigenvalue weighted by Crippen LogP contribution is 2.52. The van der Waals surface area contributed by atoms with E-state index in [1.54, 1.807) is 7.11 Å². The summed E-state index contributed by atoms with van der Waals surface area (Å²) in [5.41, 5.74) is 1.03. The van der Waals surface area contributed by atoms with E-state index in [0.29, 0.717) is 18.1 Å². The summed E-state index contributed by atoms with van der Waals surface area (Å²) in [4.78, 5) is 11.8. The van der Waals surface area contributed by atoms with Crippen molar-refractivity contribution in [3.8, 4) is 0 Å². The number of hydrogen-bond acceptors (Lipinski definition) is 2. The molecule has 0 spiro atoms. The summed E-state index contributed by atoms with van der Waals surface area (Å²) < 4.78 is 5.89. The fourth-order valence-electron chi connectivity index (χ4n) is 3.66. The van der Waals surface area contributed by atoms with E-state index < -0.39 is 0 Å². The van der Waals surface area contributed by atoms with Crippen molar-refractivity contribution < 1.29 is 9.53 Å². The first-order valence-corrected chi connectivity index (χ1v) is 6.39. The van der Waals surface area contributed by atoms with Crippen LogP contribution in [0.25, 0.3) is 0 Å². The Balaban J connectivity index is 2.02. The third-order valence-corrected chi connectivity index (χ3v) is 4.60. The van der Waals surface area contributed by atoms with Crippen molar-refractivity contribution >= 4 is 5.78 Å². The van der Waals surface area contributed by atoms with Crippen molar-refractivity contribution in [1.82, 2.24) is 0 Å². The fraction of sp³-hybridized carbons (Fsp3) is 0.533. The first kappa shape index (κ1) is 11.0. The summed E-state index contributed by atoms with van der Waals surface area (Å²) in [7, 11) is 1.79. The Kier molecular flexibility index (Phi) is 2.55. The summed E-state index contributed by atoms with van der Waals surface area (Å²) in [6.45, 7) is 0. The van der Waals surface area contributed by atoms with Crippen LogP contribution in [0.2, 0.25) is 0 Å². The van der Waals surface area contributed by atoms with Gasteiger partial charge in [0.1, 0.15) is 5.78 Å². The number of methoxy groups -OCH3 is 1. The monoisotopic (exact) mass is 230 g/mol. The molecule has 0 saturated heterocycles. The van der Waals surface area contributed by atoms with E-state index in [1.165, 1.54) is 5.56 Å². The zero-order chi connectivity index (χ0) is 11.9. The number of carbonyl (C=O) groups is 1. The van der Waals surface area contributed by atoms with Crippen LogP contribution in [0, 0.1) is 11.8 Å². The molecule has 3 atom stereocenters. The summed E-state index contributed by atoms with van der Waals surface area (Å²) in [6.07, 6.45) is 3.75. The minimum atomic E-state index is -0.210. The maximum Gasteiger partial charge on any atom is 0.136 e. The van der Waals surface area contributed by atoms with Gasteiger partial charge in [0.05, 0.1) is 5.60 Å². The van der Waals surface area contributed by atoms with Crippen molar-refractivity contribution in [2.45, 2.75) is 31.3 Å². The number of ether oxygens (including phenoxy) is 1. The lowest BCUT2D eigenvalue weighted by Gasteiger charge is -2.50. The van der Waals surface area contributed by atoms with Crippen LogP contribution in [0.4, 0.5) is 0 Å². The van der Waals surface area contributed by atoms with E-state index in [9.17, 15) is 4.79 Å². The molecule has 3 saturated carbocycles. The van der Waals surface area contributed by atoms with Gasteiger partial charge < -0.3 is 4.74 Å². The third-order valence-electron chi connectivity index (χ3n) is 4.60. The molecule has 1 aromatic carbocycles. The van der Waals surface area contributed by atoms with Crippen molar-refractivity contribution in [3.05, 3.63) is 35.9 Å². The highest BCUT2D eigenvalue weighted by Gasteiger charge is 2.52. The summed E-state index contributed by atoms with van der Waals surface area (Å²) in [6, 6.07) is 10.4. The van der Waals surface area contributed by atoms with Crippen molar-refractivity contribution in [1.29, 1.82) is 0 Å². The van der Waals surface area contributed by atoms with Gasteiger partial charge in [0, 0.05) is 19.4 Å². The minimum absolute atomic E-state index is 0.210. The first-order valence-electron chi connectivity index (χ1n) is 6.39. The van der Waals surface area contributed by atoms with Gasteiger partial charge in [0.25, 0.3) is 0 Å². The van der Waals surface area contributed by atoms with Crippen LogP contribution in [0.5, 0.6) is 0 Å². The van der Waals surface area contributed by atoms with E-state index >= 15 is 0 Å². The third kappa shape index (κ3) is 1.54. The summed E-state index contributed by atoms with van der Waals surface area (Å²) in [5, 5.41) is 0. The second kappa shape index (κ2) is 3.95. The highest BCUT2D eigenvalue weighted by atomic mass is 16.5. The number of benzene rings is 1. The van der Waals surface area contributed by atoms with Crippen molar-refractivity contribution in [2.75, 3.05) is 7.11 Å². The normalized spacial score (nSPS) is 36.2. The summed E-state index contributed by atoms with van der Waals surface area (Å²) >= 11 is 0. The van der Waals surface area contributed by atoms with Gasteiger partial charge in [-0.1, -0.05) is 30.3 Å². The second-order valence-electron chi connectivity index (χ2n) is 5.31. The molecule has 2 bridgehead atoms. The average molecular weight is 230 g/mol. The molecule has 90 valence electrons. The van der Waals surface area contributed by atoms with Crippen LogP contribution in [-0.4, -0.2) is 12.9 Å². The van der Waals surface area contributed by atoms with Crippen molar-refractivity contribution in [3.63, 3.8) is 0 Å². The molecular formula is C15H18O2. The fourth-order valence-corrected chi connectivity index (χ4v) is 3.66. The largest absolute Gasteiger partial charge is 0.373 e. The van der Waals surface area contributed by atoms with Crippen LogP contribution in [0.1, 0.15) is 31.2 Å². The Bertz CT molecular complexity index is 426. The number of Topliss-reactive ketones (excluding diaryl/α,β-unsaturated/α-hetero) is 1. The number of fused-ring (bicyclic) bond motifs is 3.